The van der Waals surface area contributed by atoms with Crippen LogP contribution in [0.5, 0.6) is 0 Å². The van der Waals surface area contributed by atoms with Crippen molar-refractivity contribution in [3.8, 4) is 11.5 Å². The van der Waals surface area contributed by atoms with Crippen LogP contribution in [0.25, 0.3) is 11.5 Å². The lowest BCUT2D eigenvalue weighted by molar-refractivity contribution is -0.151. The first kappa shape index (κ1) is 17.5. The maximum atomic E-state index is 13.9. The molecule has 140 valence electrons. The molecule has 6 nitrogen and oxygen atoms in total. The molecule has 0 aliphatic carbocycles. The number of carboxylic acids is 1. The highest BCUT2D eigenvalue weighted by molar-refractivity contribution is 5.77. The molecule has 0 bridgehead atoms. The van der Waals surface area contributed by atoms with Crippen LogP contribution in [0.3, 0.4) is 0 Å². The normalized spacial score (nSPS) is 17.1. The zero-order chi connectivity index (χ0) is 18.9. The van der Waals surface area contributed by atoms with Gasteiger partial charge in [0, 0.05) is 31.4 Å². The monoisotopic (exact) mass is 369 g/mol. The van der Waals surface area contributed by atoms with Crippen molar-refractivity contribution in [3.63, 3.8) is 0 Å². The Labute approximate surface area is 155 Å². The van der Waals surface area contributed by atoms with Crippen molar-refractivity contribution in [1.29, 1.82) is 0 Å². The standard InChI is InChI=1S/C20H20FN3O3/c21-16-5-2-1-4-15(16)14-23-11-8-20(9-12-23,19(25)26)24-10-7-17(22-24)18-6-3-13-27-18/h1-7,10,13H,8-9,11-12,14H2,(H,25,26). The molecule has 1 aromatic carbocycles. The van der Waals surface area contributed by atoms with Crippen LogP contribution in [0.1, 0.15) is 18.4 Å². The van der Waals surface area contributed by atoms with Gasteiger partial charge in [-0.1, -0.05) is 18.2 Å². The van der Waals surface area contributed by atoms with E-state index in [0.29, 0.717) is 49.5 Å². The van der Waals surface area contributed by atoms with Crippen molar-refractivity contribution in [2.24, 2.45) is 0 Å². The van der Waals surface area contributed by atoms with Crippen LogP contribution in [0, 0.1) is 5.82 Å². The second-order valence-electron chi connectivity index (χ2n) is 6.83. The summed E-state index contributed by atoms with van der Waals surface area (Å²) in [4.78, 5) is 14.2. The number of likely N-dealkylation sites (tertiary alicyclic amines) is 1. The first-order chi connectivity index (χ1) is 13.1. The molecule has 0 spiro atoms. The maximum absolute atomic E-state index is 13.9. The van der Waals surface area contributed by atoms with Gasteiger partial charge in [-0.25, -0.2) is 9.18 Å². The molecule has 1 aliphatic heterocycles. The molecule has 1 saturated heterocycles. The van der Waals surface area contributed by atoms with Crippen molar-refractivity contribution in [2.45, 2.75) is 24.9 Å². The lowest BCUT2D eigenvalue weighted by atomic mass is 9.87. The molecule has 1 N–H and O–H groups in total. The number of piperidine rings is 1. The van der Waals surface area contributed by atoms with Gasteiger partial charge in [0.1, 0.15) is 11.5 Å². The highest BCUT2D eigenvalue weighted by Gasteiger charge is 2.44. The van der Waals surface area contributed by atoms with Crippen LogP contribution < -0.4 is 0 Å². The average molecular weight is 369 g/mol. The molecule has 0 unspecified atom stereocenters. The third-order valence-corrected chi connectivity index (χ3v) is 5.23. The fourth-order valence-electron chi connectivity index (χ4n) is 3.61. The molecule has 4 rings (SSSR count). The molecular formula is C20H20FN3O3. The van der Waals surface area contributed by atoms with Gasteiger partial charge in [-0.3, -0.25) is 9.58 Å². The van der Waals surface area contributed by atoms with Crippen LogP contribution in [-0.2, 0) is 16.9 Å². The van der Waals surface area contributed by atoms with Crippen LogP contribution >= 0.6 is 0 Å². The molecular weight excluding hydrogens is 349 g/mol. The largest absolute Gasteiger partial charge is 0.479 e. The van der Waals surface area contributed by atoms with Crippen LogP contribution in [0.15, 0.2) is 59.3 Å². The molecule has 0 amide bonds. The summed E-state index contributed by atoms with van der Waals surface area (Å²) in [5, 5.41) is 14.4. The molecule has 3 heterocycles. The number of carboxylic acid groups (broad SMARTS) is 1. The maximum Gasteiger partial charge on any atom is 0.331 e. The van der Waals surface area contributed by atoms with E-state index in [0.717, 1.165) is 0 Å². The Balaban J connectivity index is 1.51. The summed E-state index contributed by atoms with van der Waals surface area (Å²) in [5.41, 5.74) is 0.130. The summed E-state index contributed by atoms with van der Waals surface area (Å²) in [5.74, 6) is -0.531. The molecule has 0 saturated carbocycles. The quantitative estimate of drug-likeness (QED) is 0.747. The zero-order valence-electron chi connectivity index (χ0n) is 14.7. The number of rotatable bonds is 5. The number of furan rings is 1. The lowest BCUT2D eigenvalue weighted by Crippen LogP contribution is -2.51. The van der Waals surface area contributed by atoms with E-state index in [2.05, 4.69) is 10.00 Å². The number of hydrogen-bond acceptors (Lipinski definition) is 4. The van der Waals surface area contributed by atoms with Crippen LogP contribution in [0.2, 0.25) is 0 Å². The topological polar surface area (TPSA) is 71.5 Å². The van der Waals surface area contributed by atoms with Crippen molar-refractivity contribution >= 4 is 5.97 Å². The Morgan fingerprint density at radius 1 is 1.19 bits per heavy atom. The Hall–Kier alpha value is -2.93. The Bertz CT molecular complexity index is 928. The number of aromatic nitrogens is 2. The molecule has 3 aromatic rings. The number of carbonyl (C=O) groups is 1. The number of benzene rings is 1. The fraction of sp³-hybridized carbons (Fsp3) is 0.300. The summed E-state index contributed by atoms with van der Waals surface area (Å²) in [6, 6.07) is 12.0. The minimum Gasteiger partial charge on any atom is -0.479 e. The fourth-order valence-corrected chi connectivity index (χ4v) is 3.61. The average Bonchev–Trinajstić information content (AvgIpc) is 3.36. The van der Waals surface area contributed by atoms with Crippen LogP contribution in [-0.4, -0.2) is 38.8 Å². The van der Waals surface area contributed by atoms with E-state index in [9.17, 15) is 14.3 Å². The zero-order valence-corrected chi connectivity index (χ0v) is 14.7. The summed E-state index contributed by atoms with van der Waals surface area (Å²) < 4.78 is 20.8. The molecule has 2 aromatic heterocycles. The number of aliphatic carboxylic acids is 1. The van der Waals surface area contributed by atoms with Gasteiger partial charge in [0.25, 0.3) is 0 Å². The second kappa shape index (κ2) is 7.00. The van der Waals surface area contributed by atoms with Gasteiger partial charge in [0.15, 0.2) is 11.3 Å². The molecule has 7 heteroatoms. The second-order valence-corrected chi connectivity index (χ2v) is 6.83. The number of halogens is 1. The van der Waals surface area contributed by atoms with Gasteiger partial charge in [0.2, 0.25) is 0 Å². The predicted octanol–water partition coefficient (Wildman–Crippen LogP) is 3.36. The number of nitrogens with zero attached hydrogens (tertiary/aromatic N) is 3. The highest BCUT2D eigenvalue weighted by atomic mass is 19.1. The minimum atomic E-state index is -1.10. The minimum absolute atomic E-state index is 0.234. The SMILES string of the molecule is O=C(O)C1(n2ccc(-c3ccco3)n2)CCN(Cc2ccccc2F)CC1. The van der Waals surface area contributed by atoms with Crippen molar-refractivity contribution in [2.75, 3.05) is 13.1 Å². The van der Waals surface area contributed by atoms with E-state index in [-0.39, 0.29) is 5.82 Å². The smallest absolute Gasteiger partial charge is 0.331 e. The summed E-state index contributed by atoms with van der Waals surface area (Å²) >= 11 is 0. The highest BCUT2D eigenvalue weighted by Crippen LogP contribution is 2.32. The summed E-state index contributed by atoms with van der Waals surface area (Å²) in [6.45, 7) is 1.58. The molecule has 1 aliphatic rings. The molecule has 0 atom stereocenters. The number of hydrogen-bond donors (Lipinski definition) is 1. The van der Waals surface area contributed by atoms with Gasteiger partial charge >= 0.3 is 5.97 Å². The molecule has 0 radical (unpaired) electrons. The van der Waals surface area contributed by atoms with E-state index in [1.54, 1.807) is 42.8 Å². The van der Waals surface area contributed by atoms with E-state index >= 15 is 0 Å². The van der Waals surface area contributed by atoms with Gasteiger partial charge in [-0.2, -0.15) is 5.10 Å². The van der Waals surface area contributed by atoms with Gasteiger partial charge in [-0.15, -0.1) is 0 Å². The van der Waals surface area contributed by atoms with Crippen molar-refractivity contribution < 1.29 is 18.7 Å². The van der Waals surface area contributed by atoms with E-state index in [4.69, 9.17) is 4.42 Å². The lowest BCUT2D eigenvalue weighted by Gasteiger charge is -2.39. The van der Waals surface area contributed by atoms with Gasteiger partial charge in [-0.05, 0) is 37.1 Å². The Kier molecular flexibility index (Phi) is 4.53. The Morgan fingerprint density at radius 3 is 2.63 bits per heavy atom. The molecule has 1 fully saturated rings. The summed E-state index contributed by atoms with van der Waals surface area (Å²) in [7, 11) is 0. The van der Waals surface area contributed by atoms with Crippen molar-refractivity contribution in [3.05, 3.63) is 66.3 Å². The Morgan fingerprint density at radius 2 is 1.96 bits per heavy atom. The van der Waals surface area contributed by atoms with E-state index in [1.165, 1.54) is 10.7 Å². The first-order valence-electron chi connectivity index (χ1n) is 8.88. The van der Waals surface area contributed by atoms with E-state index < -0.39 is 11.5 Å². The van der Waals surface area contributed by atoms with Gasteiger partial charge < -0.3 is 9.52 Å². The van der Waals surface area contributed by atoms with E-state index in [1.807, 2.05) is 6.07 Å². The predicted molar refractivity (Wildman–Crippen MR) is 96.4 cm³/mol. The molecule has 27 heavy (non-hydrogen) atoms. The third-order valence-electron chi connectivity index (χ3n) is 5.23. The van der Waals surface area contributed by atoms with Crippen LogP contribution in [0.4, 0.5) is 4.39 Å². The van der Waals surface area contributed by atoms with Gasteiger partial charge in [0.05, 0.1) is 6.26 Å². The van der Waals surface area contributed by atoms with Crippen molar-refractivity contribution in [1.82, 2.24) is 14.7 Å². The summed E-state index contributed by atoms with van der Waals surface area (Å²) in [6.07, 6.45) is 4.05. The third kappa shape index (κ3) is 3.26. The first-order valence-corrected chi connectivity index (χ1v) is 8.88.